The highest BCUT2D eigenvalue weighted by Gasteiger charge is 2.09. The molecule has 1 N–H and O–H groups in total. The van der Waals surface area contributed by atoms with E-state index in [0.717, 1.165) is 5.56 Å². The largest absolute Gasteiger partial charge is 0.484 e. The third-order valence-corrected chi connectivity index (χ3v) is 4.66. The Kier molecular flexibility index (Phi) is 4.99. The van der Waals surface area contributed by atoms with Crippen LogP contribution in [-0.4, -0.2) is 24.4 Å². The number of aromatic nitrogens is 2. The normalized spacial score (nSPS) is 11.2. The molecule has 0 aliphatic heterocycles. The molecule has 25 heavy (non-hydrogen) atoms. The van der Waals surface area contributed by atoms with E-state index in [4.69, 9.17) is 9.15 Å². The Hall–Kier alpha value is -2.87. The smallest absolute Gasteiger partial charge is 0.254 e. The van der Waals surface area contributed by atoms with Crippen LogP contribution in [0.3, 0.4) is 0 Å². The Morgan fingerprint density at radius 1 is 1.04 bits per heavy atom. The number of sulfonamides is 1. The van der Waals surface area contributed by atoms with E-state index in [1.807, 2.05) is 30.3 Å². The molecule has 0 unspecified atom stereocenters. The van der Waals surface area contributed by atoms with Crippen LogP contribution in [0, 0.1) is 0 Å². The highest BCUT2D eigenvalue weighted by Crippen LogP contribution is 2.20. The van der Waals surface area contributed by atoms with E-state index in [-0.39, 0.29) is 12.4 Å². The predicted molar refractivity (Wildman–Crippen MR) is 93.6 cm³/mol. The zero-order valence-corrected chi connectivity index (χ0v) is 14.4. The van der Waals surface area contributed by atoms with E-state index in [0.29, 0.717) is 23.2 Å². The van der Waals surface area contributed by atoms with Crippen LogP contribution in [0.4, 0.5) is 5.69 Å². The first kappa shape index (κ1) is 17.0. The molecule has 0 bridgehead atoms. The van der Waals surface area contributed by atoms with Crippen molar-refractivity contribution in [2.45, 2.75) is 13.5 Å². The van der Waals surface area contributed by atoms with Gasteiger partial charge < -0.3 is 9.15 Å². The number of hydrogen-bond donors (Lipinski definition) is 1. The van der Waals surface area contributed by atoms with Crippen molar-refractivity contribution >= 4 is 15.7 Å². The number of nitrogens with zero attached hydrogens (tertiary/aromatic N) is 2. The van der Waals surface area contributed by atoms with Gasteiger partial charge in [0.2, 0.25) is 15.9 Å². The lowest BCUT2D eigenvalue weighted by Gasteiger charge is -2.07. The summed E-state index contributed by atoms with van der Waals surface area (Å²) in [6.45, 7) is 1.70. The molecule has 0 saturated heterocycles. The van der Waals surface area contributed by atoms with Gasteiger partial charge in [-0.2, -0.15) is 0 Å². The van der Waals surface area contributed by atoms with Crippen LogP contribution in [0.2, 0.25) is 0 Å². The molecule has 0 atom stereocenters. The summed E-state index contributed by atoms with van der Waals surface area (Å²) in [6.07, 6.45) is 0. The maximum Gasteiger partial charge on any atom is 0.254 e. The van der Waals surface area contributed by atoms with E-state index < -0.39 is 10.0 Å². The lowest BCUT2D eigenvalue weighted by molar-refractivity contribution is 0.264. The Labute approximate surface area is 145 Å². The van der Waals surface area contributed by atoms with Crippen LogP contribution in [0.5, 0.6) is 5.75 Å². The molecule has 3 aromatic rings. The third kappa shape index (κ3) is 4.57. The summed E-state index contributed by atoms with van der Waals surface area (Å²) in [5.41, 5.74) is 1.33. The summed E-state index contributed by atoms with van der Waals surface area (Å²) in [6, 6.07) is 16.1. The molecule has 1 aromatic heterocycles. The number of anilines is 1. The van der Waals surface area contributed by atoms with E-state index in [1.165, 1.54) is 0 Å². The zero-order chi connectivity index (χ0) is 17.7. The standard InChI is InChI=1S/C17H17N3O4S/c1-2-25(21,22)20-14-8-10-15(11-9-14)23-12-16-18-19-17(24-16)13-6-4-3-5-7-13/h3-11,20H,2,12H2,1H3. The second-order valence-electron chi connectivity index (χ2n) is 5.19. The van der Waals surface area contributed by atoms with Gasteiger partial charge in [-0.25, -0.2) is 8.42 Å². The second-order valence-corrected chi connectivity index (χ2v) is 7.20. The molecule has 0 saturated carbocycles. The van der Waals surface area contributed by atoms with Gasteiger partial charge in [0.25, 0.3) is 5.89 Å². The molecule has 7 nitrogen and oxygen atoms in total. The molecule has 0 spiro atoms. The molecular formula is C17H17N3O4S. The Bertz CT molecular complexity index is 922. The third-order valence-electron chi connectivity index (χ3n) is 3.36. The van der Waals surface area contributed by atoms with Crippen molar-refractivity contribution in [2.24, 2.45) is 0 Å². The van der Waals surface area contributed by atoms with Crippen molar-refractivity contribution in [3.05, 3.63) is 60.5 Å². The fourth-order valence-corrected chi connectivity index (χ4v) is 2.66. The number of rotatable bonds is 7. The van der Waals surface area contributed by atoms with Crippen LogP contribution >= 0.6 is 0 Å². The Morgan fingerprint density at radius 3 is 2.44 bits per heavy atom. The highest BCUT2D eigenvalue weighted by molar-refractivity contribution is 7.92. The van der Waals surface area contributed by atoms with Gasteiger partial charge in [-0.3, -0.25) is 4.72 Å². The topological polar surface area (TPSA) is 94.3 Å². The van der Waals surface area contributed by atoms with Crippen molar-refractivity contribution < 1.29 is 17.6 Å². The first-order valence-electron chi connectivity index (χ1n) is 7.67. The molecule has 1 heterocycles. The maximum atomic E-state index is 11.5. The van der Waals surface area contributed by atoms with Crippen molar-refractivity contribution in [1.29, 1.82) is 0 Å². The fourth-order valence-electron chi connectivity index (χ4n) is 2.03. The first-order valence-corrected chi connectivity index (χ1v) is 9.32. The van der Waals surface area contributed by atoms with E-state index in [1.54, 1.807) is 31.2 Å². The SMILES string of the molecule is CCS(=O)(=O)Nc1ccc(OCc2nnc(-c3ccccc3)o2)cc1. The van der Waals surface area contributed by atoms with Gasteiger partial charge >= 0.3 is 0 Å². The second kappa shape index (κ2) is 7.35. The number of hydrogen-bond acceptors (Lipinski definition) is 6. The molecule has 0 fully saturated rings. The summed E-state index contributed by atoms with van der Waals surface area (Å²) in [7, 11) is -3.29. The predicted octanol–water partition coefficient (Wildman–Crippen LogP) is 3.08. The van der Waals surface area contributed by atoms with Gasteiger partial charge in [-0.05, 0) is 43.3 Å². The van der Waals surface area contributed by atoms with Crippen LogP contribution < -0.4 is 9.46 Å². The summed E-state index contributed by atoms with van der Waals surface area (Å²) in [5.74, 6) is 1.38. The molecule has 8 heteroatoms. The minimum absolute atomic E-state index is 0.0200. The lowest BCUT2D eigenvalue weighted by atomic mass is 10.2. The van der Waals surface area contributed by atoms with Crippen LogP contribution in [-0.2, 0) is 16.6 Å². The highest BCUT2D eigenvalue weighted by atomic mass is 32.2. The monoisotopic (exact) mass is 359 g/mol. The van der Waals surface area contributed by atoms with Gasteiger partial charge in [0.15, 0.2) is 6.61 Å². The summed E-state index contributed by atoms with van der Waals surface area (Å²) >= 11 is 0. The average molecular weight is 359 g/mol. The number of benzene rings is 2. The average Bonchev–Trinajstić information content (AvgIpc) is 3.11. The quantitative estimate of drug-likeness (QED) is 0.697. The molecule has 3 rings (SSSR count). The fraction of sp³-hybridized carbons (Fsp3) is 0.176. The molecule has 0 amide bonds. The lowest BCUT2D eigenvalue weighted by Crippen LogP contribution is -2.14. The van der Waals surface area contributed by atoms with Crippen LogP contribution in [0.15, 0.2) is 59.0 Å². The molecular weight excluding hydrogens is 342 g/mol. The van der Waals surface area contributed by atoms with Gasteiger partial charge in [0.1, 0.15) is 5.75 Å². The van der Waals surface area contributed by atoms with E-state index in [9.17, 15) is 8.42 Å². The summed E-state index contributed by atoms with van der Waals surface area (Å²) < 4.78 is 36.6. The Balaban J connectivity index is 1.60. The molecule has 0 aliphatic rings. The van der Waals surface area contributed by atoms with Gasteiger partial charge in [-0.1, -0.05) is 18.2 Å². The maximum absolute atomic E-state index is 11.5. The van der Waals surface area contributed by atoms with E-state index in [2.05, 4.69) is 14.9 Å². The van der Waals surface area contributed by atoms with Crippen LogP contribution in [0.25, 0.3) is 11.5 Å². The van der Waals surface area contributed by atoms with Gasteiger partial charge in [-0.15, -0.1) is 10.2 Å². The minimum atomic E-state index is -3.29. The molecule has 0 radical (unpaired) electrons. The zero-order valence-electron chi connectivity index (χ0n) is 13.5. The molecule has 0 aliphatic carbocycles. The van der Waals surface area contributed by atoms with Crippen molar-refractivity contribution in [3.8, 4) is 17.2 Å². The van der Waals surface area contributed by atoms with Crippen LogP contribution in [0.1, 0.15) is 12.8 Å². The van der Waals surface area contributed by atoms with E-state index >= 15 is 0 Å². The molecule has 130 valence electrons. The van der Waals surface area contributed by atoms with Gasteiger partial charge in [0.05, 0.1) is 5.75 Å². The Morgan fingerprint density at radius 2 is 1.76 bits per heavy atom. The molecule has 2 aromatic carbocycles. The van der Waals surface area contributed by atoms with Crippen molar-refractivity contribution in [3.63, 3.8) is 0 Å². The van der Waals surface area contributed by atoms with Crippen molar-refractivity contribution in [2.75, 3.05) is 10.5 Å². The minimum Gasteiger partial charge on any atom is -0.484 e. The number of nitrogens with one attached hydrogen (secondary N) is 1. The first-order chi connectivity index (χ1) is 12.1. The van der Waals surface area contributed by atoms with Crippen molar-refractivity contribution in [1.82, 2.24) is 10.2 Å². The summed E-state index contributed by atoms with van der Waals surface area (Å²) in [5, 5.41) is 7.94. The number of ether oxygens (including phenoxy) is 1. The van der Waals surface area contributed by atoms with Gasteiger partial charge in [0, 0.05) is 11.3 Å². The summed E-state index contributed by atoms with van der Waals surface area (Å²) in [4.78, 5) is 0.